The lowest BCUT2D eigenvalue weighted by Gasteiger charge is -2.35. The Morgan fingerprint density at radius 2 is 1.33 bits per heavy atom. The summed E-state index contributed by atoms with van der Waals surface area (Å²) in [5.41, 5.74) is 3.58. The number of benzene rings is 3. The van der Waals surface area contributed by atoms with E-state index in [1.165, 1.54) is 23.8 Å². The van der Waals surface area contributed by atoms with Crippen LogP contribution >= 0.6 is 11.8 Å². The van der Waals surface area contributed by atoms with Gasteiger partial charge in [0.1, 0.15) is 6.04 Å². The first-order valence-corrected chi connectivity index (χ1v) is 13.4. The quantitative estimate of drug-likeness (QED) is 0.181. The van der Waals surface area contributed by atoms with E-state index in [9.17, 15) is 9.59 Å². The van der Waals surface area contributed by atoms with E-state index in [2.05, 4.69) is 83.4 Å². The minimum atomic E-state index is -0.417. The number of nitrogens with one attached hydrogen (secondary N) is 2. The summed E-state index contributed by atoms with van der Waals surface area (Å²) in [7, 11) is 3.15. The normalized spacial score (nSPS) is 12.1. The van der Waals surface area contributed by atoms with Crippen LogP contribution in [-0.4, -0.2) is 44.4 Å². The third-order valence-electron chi connectivity index (χ3n) is 6.26. The minimum Gasteiger partial charge on any atom is -0.468 e. The zero-order valence-corrected chi connectivity index (χ0v) is 21.9. The monoisotopic (exact) mass is 504 g/mol. The molecule has 0 saturated carbocycles. The second kappa shape index (κ2) is 14.5. The average molecular weight is 505 g/mol. The van der Waals surface area contributed by atoms with Gasteiger partial charge in [-0.25, -0.2) is 0 Å². The van der Waals surface area contributed by atoms with E-state index >= 15 is 0 Å². The number of hydrogen-bond donors (Lipinski definition) is 2. The smallest absolute Gasteiger partial charge is 0.322 e. The molecule has 190 valence electrons. The molecule has 0 aliphatic heterocycles. The zero-order chi connectivity index (χ0) is 25.6. The lowest BCUT2D eigenvalue weighted by atomic mass is 9.84. The average Bonchev–Trinajstić information content (AvgIpc) is 2.94. The van der Waals surface area contributed by atoms with Gasteiger partial charge in [0, 0.05) is 18.7 Å². The molecular weight excluding hydrogens is 468 g/mol. The fraction of sp³-hybridized carbons (Fsp3) is 0.333. The Kier molecular flexibility index (Phi) is 11.0. The first-order chi connectivity index (χ1) is 17.6. The summed E-state index contributed by atoms with van der Waals surface area (Å²) >= 11 is 1.79. The number of likely N-dealkylation sites (N-methyl/N-ethyl adjacent to an activating group) is 1. The predicted octanol–water partition coefficient (Wildman–Crippen LogP) is 5.15. The van der Waals surface area contributed by atoms with Gasteiger partial charge in [-0.2, -0.15) is 0 Å². The number of carbonyl (C=O) groups is 2. The second-order valence-electron chi connectivity index (χ2n) is 8.59. The maximum Gasteiger partial charge on any atom is 0.322 e. The van der Waals surface area contributed by atoms with E-state index in [1.54, 1.807) is 18.8 Å². The molecule has 0 fully saturated rings. The molecule has 0 heterocycles. The van der Waals surface area contributed by atoms with Crippen molar-refractivity contribution in [3.8, 4) is 0 Å². The van der Waals surface area contributed by atoms with Crippen molar-refractivity contribution in [3.63, 3.8) is 0 Å². The van der Waals surface area contributed by atoms with Gasteiger partial charge in [-0.15, -0.1) is 11.8 Å². The number of amides is 1. The number of rotatable bonds is 14. The maximum absolute atomic E-state index is 12.6. The number of ether oxygens (including phenoxy) is 1. The van der Waals surface area contributed by atoms with Crippen LogP contribution in [0.4, 0.5) is 0 Å². The molecule has 1 amide bonds. The molecule has 3 aromatic rings. The van der Waals surface area contributed by atoms with E-state index in [-0.39, 0.29) is 17.9 Å². The molecule has 0 radical (unpaired) electrons. The number of hydrogen-bond acceptors (Lipinski definition) is 5. The van der Waals surface area contributed by atoms with Crippen molar-refractivity contribution in [2.75, 3.05) is 26.5 Å². The Morgan fingerprint density at radius 1 is 0.833 bits per heavy atom. The molecule has 2 N–H and O–H groups in total. The maximum atomic E-state index is 12.6. The number of methoxy groups -OCH3 is 1. The lowest BCUT2D eigenvalue weighted by Crippen LogP contribution is -2.35. The minimum absolute atomic E-state index is 0.0451. The van der Waals surface area contributed by atoms with Gasteiger partial charge in [-0.05, 0) is 43.0 Å². The molecule has 3 aromatic carbocycles. The van der Waals surface area contributed by atoms with E-state index in [4.69, 9.17) is 4.74 Å². The summed E-state index contributed by atoms with van der Waals surface area (Å²) in [4.78, 5) is 24.3. The van der Waals surface area contributed by atoms with E-state index in [0.717, 1.165) is 12.8 Å². The molecule has 0 aromatic heterocycles. The molecule has 36 heavy (non-hydrogen) atoms. The van der Waals surface area contributed by atoms with Gasteiger partial charge in [0.25, 0.3) is 0 Å². The zero-order valence-electron chi connectivity index (χ0n) is 21.1. The molecule has 0 bridgehead atoms. The summed E-state index contributed by atoms with van der Waals surface area (Å²) in [5.74, 6) is 0.468. The second-order valence-corrected chi connectivity index (χ2v) is 9.90. The SMILES string of the molecule is CN[C@@H](CCCCNC(=O)CCSC(c1ccccc1)(c1ccccc1)c1ccccc1)C(=O)OC. The summed E-state index contributed by atoms with van der Waals surface area (Å²) in [6, 6.07) is 31.2. The fourth-order valence-corrected chi connectivity index (χ4v) is 5.88. The molecule has 1 atom stereocenters. The molecule has 0 spiro atoms. The van der Waals surface area contributed by atoms with Gasteiger partial charge >= 0.3 is 5.97 Å². The number of esters is 1. The highest BCUT2D eigenvalue weighted by atomic mass is 32.2. The van der Waals surface area contributed by atoms with Gasteiger partial charge in [0.15, 0.2) is 0 Å². The highest BCUT2D eigenvalue weighted by Crippen LogP contribution is 2.48. The first kappa shape index (κ1) is 27.5. The van der Waals surface area contributed by atoms with E-state index < -0.39 is 4.75 Å². The van der Waals surface area contributed by atoms with E-state index in [1.807, 2.05) is 18.2 Å². The van der Waals surface area contributed by atoms with Gasteiger partial charge in [-0.3, -0.25) is 9.59 Å². The van der Waals surface area contributed by atoms with Crippen molar-refractivity contribution < 1.29 is 14.3 Å². The van der Waals surface area contributed by atoms with Gasteiger partial charge < -0.3 is 15.4 Å². The first-order valence-electron chi connectivity index (χ1n) is 12.4. The van der Waals surface area contributed by atoms with Crippen LogP contribution in [0.5, 0.6) is 0 Å². The Bertz CT molecular complexity index is 965. The van der Waals surface area contributed by atoms with Crippen LogP contribution in [-0.2, 0) is 19.1 Å². The van der Waals surface area contributed by atoms with Crippen LogP contribution < -0.4 is 10.6 Å². The Labute approximate surface area is 219 Å². The molecule has 0 aliphatic carbocycles. The number of unbranched alkanes of at least 4 members (excludes halogenated alkanes) is 1. The summed E-state index contributed by atoms with van der Waals surface area (Å²) in [6.45, 7) is 0.600. The lowest BCUT2D eigenvalue weighted by molar-refractivity contribution is -0.143. The van der Waals surface area contributed by atoms with Crippen LogP contribution in [0.25, 0.3) is 0 Å². The summed E-state index contributed by atoms with van der Waals surface area (Å²) in [5, 5.41) is 6.00. The van der Waals surface area contributed by atoms with Crippen molar-refractivity contribution >= 4 is 23.6 Å². The van der Waals surface area contributed by atoms with Crippen LogP contribution in [0.2, 0.25) is 0 Å². The predicted molar refractivity (Wildman–Crippen MR) is 148 cm³/mol. The Balaban J connectivity index is 1.64. The van der Waals surface area contributed by atoms with Crippen LogP contribution in [0.1, 0.15) is 42.4 Å². The third-order valence-corrected chi connectivity index (χ3v) is 7.81. The van der Waals surface area contributed by atoms with Crippen LogP contribution in [0, 0.1) is 0 Å². The third kappa shape index (κ3) is 7.21. The number of carbonyl (C=O) groups excluding carboxylic acids is 2. The molecule has 0 unspecified atom stereocenters. The van der Waals surface area contributed by atoms with Crippen LogP contribution in [0.15, 0.2) is 91.0 Å². The molecule has 6 heteroatoms. The van der Waals surface area contributed by atoms with Gasteiger partial charge in [0.2, 0.25) is 5.91 Å². The van der Waals surface area contributed by atoms with Crippen molar-refractivity contribution in [1.29, 1.82) is 0 Å². The highest BCUT2D eigenvalue weighted by molar-refractivity contribution is 8.00. The summed E-state index contributed by atoms with van der Waals surface area (Å²) < 4.78 is 4.38. The topological polar surface area (TPSA) is 67.4 Å². The fourth-order valence-electron chi connectivity index (χ4n) is 4.38. The molecule has 5 nitrogen and oxygen atoms in total. The molecule has 0 saturated heterocycles. The van der Waals surface area contributed by atoms with Crippen molar-refractivity contribution in [2.24, 2.45) is 0 Å². The highest BCUT2D eigenvalue weighted by Gasteiger charge is 2.36. The van der Waals surface area contributed by atoms with E-state index in [0.29, 0.717) is 25.1 Å². The molecular formula is C30H36N2O3S. The van der Waals surface area contributed by atoms with Crippen molar-refractivity contribution in [2.45, 2.75) is 36.5 Å². The summed E-state index contributed by atoms with van der Waals surface area (Å²) in [6.07, 6.45) is 2.76. The largest absolute Gasteiger partial charge is 0.468 e. The van der Waals surface area contributed by atoms with Crippen molar-refractivity contribution in [1.82, 2.24) is 10.6 Å². The Hall–Kier alpha value is -3.09. The van der Waals surface area contributed by atoms with Gasteiger partial charge in [-0.1, -0.05) is 91.0 Å². The molecule has 3 rings (SSSR count). The van der Waals surface area contributed by atoms with Crippen LogP contribution in [0.3, 0.4) is 0 Å². The Morgan fingerprint density at radius 3 is 1.78 bits per heavy atom. The van der Waals surface area contributed by atoms with Crippen molar-refractivity contribution in [3.05, 3.63) is 108 Å². The number of thioether (sulfide) groups is 1. The molecule has 0 aliphatic rings. The van der Waals surface area contributed by atoms with Gasteiger partial charge in [0.05, 0.1) is 11.9 Å². The standard InChI is InChI=1S/C30H36N2O3S/c1-31-27(29(34)35-2)20-12-13-22-32-28(33)21-23-36-30(24-14-6-3-7-15-24,25-16-8-4-9-17-25)26-18-10-5-11-19-26/h3-11,14-19,27,31H,12-13,20-23H2,1-2H3,(H,32,33)/t27-/m0/s1.